The maximum absolute atomic E-state index is 11.2. The molecule has 1 aliphatic carbocycles. The number of carboxylic acids is 1. The normalized spacial score (nSPS) is 20.9. The molecule has 0 heterocycles. The molecule has 5 heteroatoms. The van der Waals surface area contributed by atoms with Crippen molar-refractivity contribution in [2.45, 2.75) is 38.6 Å². The number of amides is 1. The van der Waals surface area contributed by atoms with Crippen molar-refractivity contribution in [3.8, 4) is 0 Å². The molecule has 4 N–H and O–H groups in total. The third-order valence-electron chi connectivity index (χ3n) is 3.03. The summed E-state index contributed by atoms with van der Waals surface area (Å²) >= 11 is 0. The molecule has 0 unspecified atom stereocenters. The molecule has 0 bridgehead atoms. The molecule has 0 radical (unpaired) electrons. The van der Waals surface area contributed by atoms with Crippen LogP contribution in [0.5, 0.6) is 0 Å². The second kappa shape index (κ2) is 4.61. The average molecular weight is 214 g/mol. The summed E-state index contributed by atoms with van der Waals surface area (Å²) in [5.74, 6) is -1.10. The molecular weight excluding hydrogens is 196 g/mol. The van der Waals surface area contributed by atoms with Crippen molar-refractivity contribution in [2.75, 3.05) is 6.54 Å². The zero-order valence-corrected chi connectivity index (χ0v) is 8.95. The van der Waals surface area contributed by atoms with Crippen LogP contribution in [0.25, 0.3) is 0 Å². The third-order valence-corrected chi connectivity index (χ3v) is 3.03. The highest BCUT2D eigenvalue weighted by molar-refractivity contribution is 5.82. The van der Waals surface area contributed by atoms with Gasteiger partial charge in [-0.05, 0) is 19.8 Å². The van der Waals surface area contributed by atoms with Gasteiger partial charge in [0, 0.05) is 6.54 Å². The van der Waals surface area contributed by atoms with Crippen LogP contribution in [0.2, 0.25) is 0 Å². The number of rotatable bonds is 4. The highest BCUT2D eigenvalue weighted by Gasteiger charge is 2.41. The van der Waals surface area contributed by atoms with Crippen LogP contribution in [0.1, 0.15) is 32.6 Å². The van der Waals surface area contributed by atoms with Crippen LogP contribution in [-0.4, -0.2) is 29.6 Å². The minimum absolute atomic E-state index is 0.197. The van der Waals surface area contributed by atoms with Crippen LogP contribution in [-0.2, 0) is 9.59 Å². The fourth-order valence-electron chi connectivity index (χ4n) is 1.94. The Morgan fingerprint density at radius 3 is 2.40 bits per heavy atom. The van der Waals surface area contributed by atoms with E-state index in [1.807, 2.05) is 0 Å². The van der Waals surface area contributed by atoms with Crippen LogP contribution in [0, 0.1) is 5.41 Å². The fourth-order valence-corrected chi connectivity index (χ4v) is 1.94. The lowest BCUT2D eigenvalue weighted by molar-refractivity contribution is -0.148. The molecular formula is C10H18N2O3. The van der Waals surface area contributed by atoms with Gasteiger partial charge < -0.3 is 16.2 Å². The second-order valence-electron chi connectivity index (χ2n) is 4.30. The standard InChI is InChI=1S/C10H18N2O3/c1-7(11)8(13)12-6-10(9(14)15)4-2-3-5-10/h7H,2-6,11H2,1H3,(H,12,13)(H,14,15)/t7-/m0/s1. The van der Waals surface area contributed by atoms with E-state index in [4.69, 9.17) is 10.8 Å². The summed E-state index contributed by atoms with van der Waals surface area (Å²) < 4.78 is 0. The van der Waals surface area contributed by atoms with Crippen molar-refractivity contribution >= 4 is 11.9 Å². The molecule has 1 aliphatic rings. The lowest BCUT2D eigenvalue weighted by Crippen LogP contribution is -2.46. The maximum Gasteiger partial charge on any atom is 0.311 e. The number of carboxylic acid groups (broad SMARTS) is 1. The third kappa shape index (κ3) is 2.68. The number of nitrogens with one attached hydrogen (secondary N) is 1. The van der Waals surface area contributed by atoms with Crippen LogP contribution in [0.15, 0.2) is 0 Å². The van der Waals surface area contributed by atoms with Gasteiger partial charge in [0.15, 0.2) is 0 Å². The monoisotopic (exact) mass is 214 g/mol. The van der Waals surface area contributed by atoms with Gasteiger partial charge in [0.2, 0.25) is 5.91 Å². The summed E-state index contributed by atoms with van der Waals surface area (Å²) in [6, 6.07) is -0.586. The number of hydrogen-bond acceptors (Lipinski definition) is 3. The predicted octanol–water partition coefficient (Wildman–Crippen LogP) is 0.0948. The Morgan fingerprint density at radius 1 is 1.47 bits per heavy atom. The highest BCUT2D eigenvalue weighted by atomic mass is 16.4. The number of carbonyl (C=O) groups excluding carboxylic acids is 1. The molecule has 0 spiro atoms. The SMILES string of the molecule is C[C@H](N)C(=O)NCC1(C(=O)O)CCCC1. The molecule has 1 saturated carbocycles. The average Bonchev–Trinajstić information content (AvgIpc) is 2.63. The van der Waals surface area contributed by atoms with Crippen molar-refractivity contribution < 1.29 is 14.7 Å². The number of aliphatic carboxylic acids is 1. The topological polar surface area (TPSA) is 92.4 Å². The number of hydrogen-bond donors (Lipinski definition) is 3. The summed E-state index contributed by atoms with van der Waals surface area (Å²) in [4.78, 5) is 22.4. The van der Waals surface area contributed by atoms with E-state index in [1.165, 1.54) is 0 Å². The van der Waals surface area contributed by atoms with Crippen LogP contribution < -0.4 is 11.1 Å². The van der Waals surface area contributed by atoms with E-state index in [2.05, 4.69) is 5.32 Å². The van der Waals surface area contributed by atoms with Gasteiger partial charge in [0.1, 0.15) is 0 Å². The Bertz CT molecular complexity index is 257. The lowest BCUT2D eigenvalue weighted by atomic mass is 9.86. The summed E-state index contributed by atoms with van der Waals surface area (Å²) in [6.45, 7) is 1.78. The van der Waals surface area contributed by atoms with Gasteiger partial charge in [0.05, 0.1) is 11.5 Å². The van der Waals surface area contributed by atoms with Crippen LogP contribution in [0.3, 0.4) is 0 Å². The van der Waals surface area contributed by atoms with Gasteiger partial charge in [-0.1, -0.05) is 12.8 Å². The van der Waals surface area contributed by atoms with Crippen molar-refractivity contribution in [3.63, 3.8) is 0 Å². The molecule has 0 aromatic rings. The quantitative estimate of drug-likeness (QED) is 0.618. The molecule has 86 valence electrons. The number of nitrogens with two attached hydrogens (primary N) is 1. The van der Waals surface area contributed by atoms with Crippen molar-refractivity contribution in [2.24, 2.45) is 11.1 Å². The highest BCUT2D eigenvalue weighted by Crippen LogP contribution is 2.37. The maximum atomic E-state index is 11.2. The largest absolute Gasteiger partial charge is 0.481 e. The van der Waals surface area contributed by atoms with E-state index in [0.717, 1.165) is 12.8 Å². The molecule has 1 fully saturated rings. The molecule has 1 amide bonds. The molecule has 0 aliphatic heterocycles. The Labute approximate surface area is 89.0 Å². The molecule has 5 nitrogen and oxygen atoms in total. The van der Waals surface area contributed by atoms with Gasteiger partial charge in [-0.2, -0.15) is 0 Å². The Morgan fingerprint density at radius 2 is 2.00 bits per heavy atom. The van der Waals surface area contributed by atoms with Crippen LogP contribution >= 0.6 is 0 Å². The molecule has 0 saturated heterocycles. The Balaban J connectivity index is 2.53. The van der Waals surface area contributed by atoms with E-state index < -0.39 is 17.4 Å². The van der Waals surface area contributed by atoms with Crippen molar-refractivity contribution in [1.29, 1.82) is 0 Å². The first-order valence-corrected chi connectivity index (χ1v) is 5.25. The Kier molecular flexibility index (Phi) is 3.68. The van der Waals surface area contributed by atoms with Gasteiger partial charge in [0.25, 0.3) is 0 Å². The first-order valence-electron chi connectivity index (χ1n) is 5.25. The summed E-state index contributed by atoms with van der Waals surface area (Å²) in [5, 5.41) is 11.7. The summed E-state index contributed by atoms with van der Waals surface area (Å²) in [5.41, 5.74) is 4.62. The molecule has 0 aromatic carbocycles. The molecule has 0 aromatic heterocycles. The zero-order valence-electron chi connectivity index (χ0n) is 8.95. The van der Waals surface area contributed by atoms with Crippen molar-refractivity contribution in [1.82, 2.24) is 5.32 Å². The number of carbonyl (C=O) groups is 2. The first kappa shape index (κ1) is 12.0. The van der Waals surface area contributed by atoms with E-state index in [0.29, 0.717) is 12.8 Å². The van der Waals surface area contributed by atoms with E-state index in [-0.39, 0.29) is 12.5 Å². The Hall–Kier alpha value is -1.10. The van der Waals surface area contributed by atoms with Gasteiger partial charge in [-0.15, -0.1) is 0 Å². The van der Waals surface area contributed by atoms with E-state index in [1.54, 1.807) is 6.92 Å². The predicted molar refractivity (Wildman–Crippen MR) is 55.2 cm³/mol. The fraction of sp³-hybridized carbons (Fsp3) is 0.800. The van der Waals surface area contributed by atoms with E-state index in [9.17, 15) is 9.59 Å². The minimum atomic E-state index is -0.815. The second-order valence-corrected chi connectivity index (χ2v) is 4.30. The zero-order chi connectivity index (χ0) is 11.5. The van der Waals surface area contributed by atoms with Gasteiger partial charge >= 0.3 is 5.97 Å². The smallest absolute Gasteiger partial charge is 0.311 e. The molecule has 1 rings (SSSR count). The van der Waals surface area contributed by atoms with Crippen LogP contribution in [0.4, 0.5) is 0 Å². The molecule has 1 atom stereocenters. The van der Waals surface area contributed by atoms with Crippen molar-refractivity contribution in [3.05, 3.63) is 0 Å². The summed E-state index contributed by atoms with van der Waals surface area (Å²) in [7, 11) is 0. The van der Waals surface area contributed by atoms with E-state index >= 15 is 0 Å². The summed E-state index contributed by atoms with van der Waals surface area (Å²) in [6.07, 6.45) is 3.11. The van der Waals surface area contributed by atoms with Gasteiger partial charge in [-0.25, -0.2) is 0 Å². The lowest BCUT2D eigenvalue weighted by Gasteiger charge is -2.24. The molecule has 15 heavy (non-hydrogen) atoms. The van der Waals surface area contributed by atoms with Gasteiger partial charge in [-0.3, -0.25) is 9.59 Å². The first-order chi connectivity index (χ1) is 6.98. The minimum Gasteiger partial charge on any atom is -0.481 e.